The van der Waals surface area contributed by atoms with Gasteiger partial charge in [-0.15, -0.1) is 0 Å². The van der Waals surface area contributed by atoms with Crippen LogP contribution in [0, 0.1) is 0 Å². The summed E-state index contributed by atoms with van der Waals surface area (Å²) in [4.78, 5) is 17.0. The molecule has 0 heterocycles. The van der Waals surface area contributed by atoms with Crippen molar-refractivity contribution in [3.8, 4) is 0 Å². The van der Waals surface area contributed by atoms with E-state index in [1.807, 2.05) is 0 Å². The Labute approximate surface area is 200 Å². The predicted molar refractivity (Wildman–Crippen MR) is 22.4 cm³/mol. The Bertz CT molecular complexity index is 49.3. The van der Waals surface area contributed by atoms with Gasteiger partial charge in [-0.1, -0.05) is 0 Å². The first kappa shape index (κ1) is 29.2. The number of hydrogen-bond acceptors (Lipinski definition) is 3. The van der Waals surface area contributed by atoms with Gasteiger partial charge in [0.05, 0.1) is 0 Å². The maximum Gasteiger partial charge on any atom is 2.00 e. The molecule has 0 saturated carbocycles. The fraction of sp³-hybridized carbons (Fsp3) is 0. The molecular formula is H4Ca2K2O3Si. The van der Waals surface area contributed by atoms with Crippen LogP contribution in [0.4, 0.5) is 0 Å². The first-order chi connectivity index (χ1) is 1.73. The molecule has 0 N–H and O–H groups in total. The fourth-order valence-electron chi connectivity index (χ4n) is 0. The molecule has 0 rings (SSSR count). The predicted octanol–water partition coefficient (Wildman–Crippen LogP) is -9.18. The smallest absolute Gasteiger partial charge is 1.00 e. The first-order valence-corrected chi connectivity index (χ1v) is 1.84. The molecule has 0 aliphatic heterocycles. The van der Waals surface area contributed by atoms with Gasteiger partial charge in [0, 0.05) is 9.17 Å². The Balaban J connectivity index is -0.00000000161. The van der Waals surface area contributed by atoms with E-state index in [-0.39, 0.29) is 184 Å². The largest absolute Gasteiger partial charge is 2.00 e. The van der Waals surface area contributed by atoms with Crippen LogP contribution in [0.3, 0.4) is 0 Å². The van der Waals surface area contributed by atoms with Gasteiger partial charge in [-0.2, -0.15) is 0 Å². The summed E-state index contributed by atoms with van der Waals surface area (Å²) >= 11 is 0. The standard InChI is InChI=1S/2Ca.2K.O3Si.4H/c;;;;1-4(2)3;;;;/q2*+2;2*+1;-2;4*-1. The van der Waals surface area contributed by atoms with E-state index in [1.54, 1.807) is 0 Å². The third kappa shape index (κ3) is 42.3. The first-order valence-electron chi connectivity index (χ1n) is 0.612. The Kier molecular flexibility index (Phi) is 83.4. The quantitative estimate of drug-likeness (QED) is 0.394. The van der Waals surface area contributed by atoms with E-state index in [4.69, 9.17) is 14.1 Å². The molecule has 32 valence electrons. The maximum atomic E-state index is 8.52. The molecule has 0 aromatic rings. The van der Waals surface area contributed by atoms with Crippen LogP contribution in [0.1, 0.15) is 5.71 Å². The molecule has 8 heteroatoms. The van der Waals surface area contributed by atoms with E-state index in [9.17, 15) is 0 Å². The van der Waals surface area contributed by atoms with Crippen LogP contribution in [0.5, 0.6) is 0 Å². The van der Waals surface area contributed by atoms with Crippen molar-refractivity contribution in [1.82, 2.24) is 0 Å². The van der Waals surface area contributed by atoms with Crippen molar-refractivity contribution in [2.45, 2.75) is 0 Å². The monoisotopic (exact) mass is 238 g/mol. The Morgan fingerprint density at radius 2 is 1.12 bits per heavy atom. The van der Waals surface area contributed by atoms with Crippen molar-refractivity contribution in [3.05, 3.63) is 0 Å². The van der Waals surface area contributed by atoms with Crippen molar-refractivity contribution < 1.29 is 123 Å². The minimum Gasteiger partial charge on any atom is -1.00 e. The molecule has 0 fully saturated rings. The zero-order valence-electron chi connectivity index (χ0n) is 9.14. The van der Waals surface area contributed by atoms with Crippen molar-refractivity contribution in [3.63, 3.8) is 0 Å². The SMILES string of the molecule is O=[Si]([O-])[O-].[Ca+2].[Ca+2].[H-].[H-].[H-].[H-].[K+].[K+]. The normalized spacial score (nSPS) is 3.00. The van der Waals surface area contributed by atoms with Gasteiger partial charge in [0.1, 0.15) is 0 Å². The van der Waals surface area contributed by atoms with E-state index >= 15 is 0 Å². The average Bonchev–Trinajstić information content (AvgIpc) is 0.811. The van der Waals surface area contributed by atoms with E-state index in [2.05, 4.69) is 0 Å². The fourth-order valence-corrected chi connectivity index (χ4v) is 0. The second-order valence-corrected chi connectivity index (χ2v) is 0.750. The van der Waals surface area contributed by atoms with Crippen LogP contribution >= 0.6 is 0 Å². The van der Waals surface area contributed by atoms with E-state index in [0.29, 0.717) is 0 Å². The van der Waals surface area contributed by atoms with Gasteiger partial charge in [0.2, 0.25) is 0 Å². The summed E-state index contributed by atoms with van der Waals surface area (Å²) in [6, 6.07) is 0. The van der Waals surface area contributed by atoms with Crippen LogP contribution < -0.4 is 112 Å². The van der Waals surface area contributed by atoms with Crippen molar-refractivity contribution in [2.75, 3.05) is 0 Å². The zero-order valence-corrected chi connectivity index (χ0v) is 16.8. The summed E-state index contributed by atoms with van der Waals surface area (Å²) in [7, 11) is -3.63. The minimum atomic E-state index is -3.63. The van der Waals surface area contributed by atoms with Gasteiger partial charge in [-0.05, 0) is 0 Å². The topological polar surface area (TPSA) is 63.2 Å². The molecule has 0 unspecified atom stereocenters. The maximum absolute atomic E-state index is 8.52. The van der Waals surface area contributed by atoms with E-state index < -0.39 is 9.17 Å². The average molecular weight is 238 g/mol. The van der Waals surface area contributed by atoms with Gasteiger partial charge < -0.3 is 19.8 Å². The Morgan fingerprint density at radius 1 is 1.12 bits per heavy atom. The van der Waals surface area contributed by atoms with Crippen LogP contribution in [0.2, 0.25) is 0 Å². The molecule has 0 aliphatic rings. The molecular weight excluding hydrogens is 234 g/mol. The van der Waals surface area contributed by atoms with Crippen LogP contribution in [-0.2, 0) is 4.46 Å². The van der Waals surface area contributed by atoms with Gasteiger partial charge in [0.25, 0.3) is 0 Å². The van der Waals surface area contributed by atoms with Crippen LogP contribution in [-0.4, -0.2) is 84.6 Å². The summed E-state index contributed by atoms with van der Waals surface area (Å²) in [5, 5.41) is 0. The third-order valence-corrected chi connectivity index (χ3v) is 0. The Hall–Kier alpha value is 5.41. The van der Waals surface area contributed by atoms with Gasteiger partial charge >= 0.3 is 178 Å². The molecule has 0 aromatic carbocycles. The number of hydrogen-bond donors (Lipinski definition) is 0. The van der Waals surface area contributed by atoms with Crippen molar-refractivity contribution in [1.29, 1.82) is 0 Å². The van der Waals surface area contributed by atoms with Crippen molar-refractivity contribution in [2.24, 2.45) is 0 Å². The summed E-state index contributed by atoms with van der Waals surface area (Å²) < 4.78 is 8.52. The molecule has 0 aliphatic carbocycles. The molecule has 0 bridgehead atoms. The summed E-state index contributed by atoms with van der Waals surface area (Å²) in [5.74, 6) is 0. The molecule has 0 atom stereocenters. The number of rotatable bonds is 0. The zero-order chi connectivity index (χ0) is 3.58. The summed E-state index contributed by atoms with van der Waals surface area (Å²) in [5.41, 5.74) is 0. The minimum absolute atomic E-state index is 0. The molecule has 0 saturated heterocycles. The van der Waals surface area contributed by atoms with E-state index in [0.717, 1.165) is 0 Å². The van der Waals surface area contributed by atoms with E-state index in [1.165, 1.54) is 0 Å². The van der Waals surface area contributed by atoms with Crippen molar-refractivity contribution >= 4 is 84.6 Å². The Morgan fingerprint density at radius 3 is 1.12 bits per heavy atom. The van der Waals surface area contributed by atoms with Crippen LogP contribution in [0.15, 0.2) is 0 Å². The molecule has 0 radical (unpaired) electrons. The molecule has 0 amide bonds. The van der Waals surface area contributed by atoms with Gasteiger partial charge in [0.15, 0.2) is 0 Å². The summed E-state index contributed by atoms with van der Waals surface area (Å²) in [6.45, 7) is 0. The molecule has 0 spiro atoms. The second-order valence-electron chi connectivity index (χ2n) is 0.250. The molecule has 3 nitrogen and oxygen atoms in total. The van der Waals surface area contributed by atoms with Gasteiger partial charge in [-0.25, -0.2) is 0 Å². The van der Waals surface area contributed by atoms with Crippen LogP contribution in [0.25, 0.3) is 0 Å². The van der Waals surface area contributed by atoms with Gasteiger partial charge in [-0.3, -0.25) is 0 Å². The summed E-state index contributed by atoms with van der Waals surface area (Å²) in [6.07, 6.45) is 0. The molecule has 8 heavy (non-hydrogen) atoms. The molecule has 0 aromatic heterocycles. The second kappa shape index (κ2) is 22.8. The third-order valence-electron chi connectivity index (χ3n) is 0.